The first-order valence-electron chi connectivity index (χ1n) is 7.19. The Bertz CT molecular complexity index is 992. The lowest BCUT2D eigenvalue weighted by molar-refractivity contribution is 0.0995. The fourth-order valence-electron chi connectivity index (χ4n) is 2.61. The van der Waals surface area contributed by atoms with Gasteiger partial charge in [-0.2, -0.15) is 0 Å². The van der Waals surface area contributed by atoms with Gasteiger partial charge in [-0.1, -0.05) is 18.2 Å². The molecule has 6 nitrogen and oxygen atoms in total. The first-order chi connectivity index (χ1) is 11.3. The average Bonchev–Trinajstić information content (AvgIpc) is 2.94. The zero-order valence-electron chi connectivity index (χ0n) is 12.6. The van der Waals surface area contributed by atoms with E-state index in [4.69, 9.17) is 0 Å². The van der Waals surface area contributed by atoms with E-state index in [0.29, 0.717) is 11.3 Å². The van der Waals surface area contributed by atoms with Crippen molar-refractivity contribution in [2.75, 3.05) is 0 Å². The van der Waals surface area contributed by atoms with Crippen molar-refractivity contribution in [2.24, 2.45) is 10.2 Å². The van der Waals surface area contributed by atoms with Crippen molar-refractivity contribution in [3.63, 3.8) is 0 Å². The van der Waals surface area contributed by atoms with E-state index in [1.54, 1.807) is 30.5 Å². The van der Waals surface area contributed by atoms with E-state index in [1.165, 1.54) is 0 Å². The van der Waals surface area contributed by atoms with Gasteiger partial charge in [0.05, 0.1) is 11.2 Å². The Hall–Kier alpha value is -3.38. The molecule has 4 rings (SSSR count). The number of benzene rings is 1. The van der Waals surface area contributed by atoms with E-state index < -0.39 is 0 Å². The predicted octanol–water partition coefficient (Wildman–Crippen LogP) is 3.77. The number of hydrogen-bond acceptors (Lipinski definition) is 3. The number of hydrogen-bond donors (Lipinski definition) is 1. The van der Waals surface area contributed by atoms with E-state index in [1.807, 2.05) is 36.5 Å². The van der Waals surface area contributed by atoms with Crippen LogP contribution < -0.4 is 0 Å². The van der Waals surface area contributed by atoms with Crippen LogP contribution in [0.25, 0.3) is 22.2 Å². The van der Waals surface area contributed by atoms with Crippen molar-refractivity contribution in [1.82, 2.24) is 9.97 Å². The second kappa shape index (κ2) is 6.39. The zero-order chi connectivity index (χ0) is 15.6. The van der Waals surface area contributed by atoms with Gasteiger partial charge in [-0.3, -0.25) is 9.78 Å². The summed E-state index contributed by atoms with van der Waals surface area (Å²) in [7, 11) is 0. The van der Waals surface area contributed by atoms with Crippen LogP contribution in [0.15, 0.2) is 77.2 Å². The molecule has 1 aromatic carbocycles. The minimum atomic E-state index is -0.364. The van der Waals surface area contributed by atoms with Crippen LogP contribution >= 0.6 is 0 Å². The highest BCUT2D eigenvalue weighted by molar-refractivity contribution is 6.09. The largest absolute Gasteiger partial charge is 0.412 e. The fourth-order valence-corrected chi connectivity index (χ4v) is 2.61. The maximum Gasteiger partial charge on any atom is 0.295 e. The van der Waals surface area contributed by atoms with Crippen LogP contribution in [0, 0.1) is 0 Å². The fraction of sp³-hybridized carbons (Fsp3) is 0. The van der Waals surface area contributed by atoms with Crippen molar-refractivity contribution in [3.05, 3.63) is 72.6 Å². The SMILES string of the molecule is O.O=C(N=Nc1c2ccc[nH]c-2c2ncccc12)c1ccccc1. The first kappa shape index (κ1) is 15.5. The molecule has 24 heavy (non-hydrogen) atoms. The molecule has 1 aliphatic carbocycles. The number of pyridine rings is 2. The molecule has 0 spiro atoms. The van der Waals surface area contributed by atoms with Crippen LogP contribution in [0.4, 0.5) is 5.69 Å². The van der Waals surface area contributed by atoms with Crippen molar-refractivity contribution < 1.29 is 10.3 Å². The molecule has 1 aliphatic heterocycles. The lowest BCUT2D eigenvalue weighted by Gasteiger charge is -1.98. The molecule has 0 atom stereocenters. The predicted molar refractivity (Wildman–Crippen MR) is 91.6 cm³/mol. The molecule has 0 bridgehead atoms. The van der Waals surface area contributed by atoms with Crippen molar-refractivity contribution in [3.8, 4) is 11.3 Å². The summed E-state index contributed by atoms with van der Waals surface area (Å²) >= 11 is 0. The van der Waals surface area contributed by atoms with Gasteiger partial charge in [0.1, 0.15) is 5.69 Å². The molecule has 1 aromatic heterocycles. The van der Waals surface area contributed by atoms with Crippen LogP contribution in [0.2, 0.25) is 0 Å². The summed E-state index contributed by atoms with van der Waals surface area (Å²) in [6, 6.07) is 16.5. The molecule has 0 saturated heterocycles. The highest BCUT2D eigenvalue weighted by Crippen LogP contribution is 2.42. The molecule has 2 heterocycles. The molecule has 2 aliphatic rings. The number of aromatic amines is 1. The van der Waals surface area contributed by atoms with Crippen molar-refractivity contribution in [2.45, 2.75) is 0 Å². The second-order valence-corrected chi connectivity index (χ2v) is 5.08. The topological polar surface area (TPSA) is 102 Å². The summed E-state index contributed by atoms with van der Waals surface area (Å²) in [6.45, 7) is 0. The van der Waals surface area contributed by atoms with Gasteiger partial charge in [0.2, 0.25) is 0 Å². The molecular weight excluding hydrogens is 304 g/mol. The summed E-state index contributed by atoms with van der Waals surface area (Å²) in [4.78, 5) is 19.7. The monoisotopic (exact) mass is 318 g/mol. The van der Waals surface area contributed by atoms with Gasteiger partial charge in [0, 0.05) is 28.9 Å². The van der Waals surface area contributed by atoms with E-state index in [9.17, 15) is 4.79 Å². The Morgan fingerprint density at radius 2 is 1.83 bits per heavy atom. The summed E-state index contributed by atoms with van der Waals surface area (Å²) in [6.07, 6.45) is 3.57. The maximum absolute atomic E-state index is 12.1. The van der Waals surface area contributed by atoms with Gasteiger partial charge in [-0.05, 0) is 36.4 Å². The quantitative estimate of drug-likeness (QED) is 0.569. The summed E-state index contributed by atoms with van der Waals surface area (Å²) in [5.74, 6) is -0.364. The molecule has 6 heteroatoms. The Balaban J connectivity index is 0.00000169. The Kier molecular flexibility index (Phi) is 4.13. The van der Waals surface area contributed by atoms with E-state index in [2.05, 4.69) is 20.2 Å². The molecule has 0 radical (unpaired) electrons. The molecule has 2 aromatic rings. The first-order valence-corrected chi connectivity index (χ1v) is 7.19. The number of azo groups is 1. The third kappa shape index (κ3) is 2.55. The second-order valence-electron chi connectivity index (χ2n) is 5.08. The molecule has 3 N–H and O–H groups in total. The van der Waals surface area contributed by atoms with Gasteiger partial charge in [0.25, 0.3) is 5.91 Å². The van der Waals surface area contributed by atoms with E-state index in [0.717, 1.165) is 22.2 Å². The van der Waals surface area contributed by atoms with Gasteiger partial charge >= 0.3 is 0 Å². The lowest BCUT2D eigenvalue weighted by Crippen LogP contribution is -1.92. The number of fused-ring (bicyclic) bond motifs is 3. The minimum absolute atomic E-state index is 0. The highest BCUT2D eigenvalue weighted by atomic mass is 16.1. The van der Waals surface area contributed by atoms with Crippen LogP contribution in [0.3, 0.4) is 0 Å². The van der Waals surface area contributed by atoms with Crippen molar-refractivity contribution >= 4 is 22.5 Å². The van der Waals surface area contributed by atoms with Crippen LogP contribution in [-0.2, 0) is 0 Å². The Morgan fingerprint density at radius 3 is 2.67 bits per heavy atom. The van der Waals surface area contributed by atoms with Crippen LogP contribution in [0.1, 0.15) is 10.4 Å². The Labute approximate surface area is 137 Å². The number of nitrogens with one attached hydrogen (secondary N) is 1. The number of amides is 1. The average molecular weight is 318 g/mol. The minimum Gasteiger partial charge on any atom is -0.412 e. The highest BCUT2D eigenvalue weighted by Gasteiger charge is 2.18. The van der Waals surface area contributed by atoms with Crippen LogP contribution in [0.5, 0.6) is 0 Å². The van der Waals surface area contributed by atoms with E-state index in [-0.39, 0.29) is 11.4 Å². The molecule has 1 amide bonds. The lowest BCUT2D eigenvalue weighted by atomic mass is 10.2. The van der Waals surface area contributed by atoms with Crippen molar-refractivity contribution in [1.29, 1.82) is 0 Å². The third-order valence-electron chi connectivity index (χ3n) is 3.67. The van der Waals surface area contributed by atoms with Gasteiger partial charge in [-0.25, -0.2) is 0 Å². The maximum atomic E-state index is 12.1. The number of H-pyrrole nitrogens is 1. The summed E-state index contributed by atoms with van der Waals surface area (Å²) < 4.78 is 0. The standard InChI is InChI=1S/C18H12N4O.H2O/c23-18(12-6-2-1-3-7-12)22-21-15-13-8-4-10-19-16(13)17-14(15)9-5-11-20-17;/h1-11,19H;1H2. The molecular formula is C18H14N4O2. The molecule has 0 unspecified atom stereocenters. The number of aromatic nitrogens is 2. The van der Waals surface area contributed by atoms with Crippen LogP contribution in [-0.4, -0.2) is 21.4 Å². The number of nitrogens with zero attached hydrogens (tertiary/aromatic N) is 3. The zero-order valence-corrected chi connectivity index (χ0v) is 12.6. The normalized spacial score (nSPS) is 11.0. The summed E-state index contributed by atoms with van der Waals surface area (Å²) in [5, 5.41) is 8.97. The van der Waals surface area contributed by atoms with Gasteiger partial charge in [-0.15, -0.1) is 10.2 Å². The number of rotatable bonds is 2. The smallest absolute Gasteiger partial charge is 0.295 e. The molecule has 0 saturated carbocycles. The van der Waals surface area contributed by atoms with Gasteiger partial charge < -0.3 is 10.5 Å². The van der Waals surface area contributed by atoms with Gasteiger partial charge in [0.15, 0.2) is 0 Å². The molecule has 0 fully saturated rings. The molecule has 118 valence electrons. The summed E-state index contributed by atoms with van der Waals surface area (Å²) in [5.41, 5.74) is 3.78. The Morgan fingerprint density at radius 1 is 1.00 bits per heavy atom. The van der Waals surface area contributed by atoms with E-state index >= 15 is 0 Å². The number of carbonyl (C=O) groups excluding carboxylic acids is 1. The third-order valence-corrected chi connectivity index (χ3v) is 3.67. The number of carbonyl (C=O) groups is 1.